The zero-order chi connectivity index (χ0) is 16.3. The Labute approximate surface area is 135 Å². The molecule has 0 spiro atoms. The number of rotatable bonds is 5. The van der Waals surface area contributed by atoms with Crippen molar-refractivity contribution in [3.63, 3.8) is 0 Å². The fraction of sp³-hybridized carbons (Fsp3) is 0.375. The molecule has 3 rings (SSSR count). The summed E-state index contributed by atoms with van der Waals surface area (Å²) in [5, 5.41) is 0. The van der Waals surface area contributed by atoms with Gasteiger partial charge in [-0.25, -0.2) is 8.42 Å². The number of aromatic nitrogens is 2. The summed E-state index contributed by atoms with van der Waals surface area (Å²) in [6.07, 6.45) is 5.50. The molecule has 1 saturated heterocycles. The van der Waals surface area contributed by atoms with E-state index in [2.05, 4.69) is 4.98 Å². The Morgan fingerprint density at radius 2 is 1.87 bits per heavy atom. The van der Waals surface area contributed by atoms with E-state index < -0.39 is 10.0 Å². The monoisotopic (exact) mass is 333 g/mol. The van der Waals surface area contributed by atoms with E-state index in [0.29, 0.717) is 26.1 Å². The Balaban J connectivity index is 1.83. The van der Waals surface area contributed by atoms with E-state index in [1.165, 1.54) is 27.2 Å². The Morgan fingerprint density at radius 3 is 2.57 bits per heavy atom. The Kier molecular flexibility index (Phi) is 4.58. The van der Waals surface area contributed by atoms with Crippen LogP contribution in [-0.4, -0.2) is 35.4 Å². The second kappa shape index (κ2) is 6.64. The molecule has 0 aromatic carbocycles. The molecule has 1 aliphatic rings. The second-order valence-electron chi connectivity index (χ2n) is 5.58. The average molecular weight is 333 g/mol. The molecule has 0 atom stereocenters. The summed E-state index contributed by atoms with van der Waals surface area (Å²) in [6.45, 7) is 1.50. The summed E-state index contributed by atoms with van der Waals surface area (Å²) in [6, 6.07) is 8.32. The number of aryl methyl sites for hydroxylation is 2. The third-order valence-corrected chi connectivity index (χ3v) is 5.88. The Bertz CT molecular complexity index is 825. The van der Waals surface area contributed by atoms with Crippen LogP contribution in [0.1, 0.15) is 18.5 Å². The van der Waals surface area contributed by atoms with Gasteiger partial charge in [-0.15, -0.1) is 0 Å². The molecular weight excluding hydrogens is 314 g/mol. The summed E-state index contributed by atoms with van der Waals surface area (Å²) in [5.41, 5.74) is 0.661. The van der Waals surface area contributed by atoms with Gasteiger partial charge in [0, 0.05) is 50.2 Å². The third kappa shape index (κ3) is 3.51. The van der Waals surface area contributed by atoms with Crippen molar-refractivity contribution < 1.29 is 8.42 Å². The van der Waals surface area contributed by atoms with Crippen LogP contribution >= 0.6 is 0 Å². The highest BCUT2D eigenvalue weighted by atomic mass is 32.2. The molecule has 0 saturated carbocycles. The molecular formula is C16H19N3O3S. The largest absolute Gasteiger partial charge is 0.314 e. The number of hydrogen-bond donors (Lipinski definition) is 0. The standard InChI is InChI=1S/C16H19N3O3S/c20-16-7-6-15(23(21,22)19-10-3-4-11-19)13-18(16)12-8-14-5-1-2-9-17-14/h1-2,5-7,9,13H,3-4,8,10-12H2. The number of pyridine rings is 2. The smallest absolute Gasteiger partial charge is 0.250 e. The Hall–Kier alpha value is -1.99. The van der Waals surface area contributed by atoms with Crippen molar-refractivity contribution in [3.8, 4) is 0 Å². The van der Waals surface area contributed by atoms with Crippen LogP contribution < -0.4 is 5.56 Å². The van der Waals surface area contributed by atoms with Gasteiger partial charge < -0.3 is 4.57 Å². The van der Waals surface area contributed by atoms with Gasteiger partial charge in [0.05, 0.1) is 4.90 Å². The highest BCUT2D eigenvalue weighted by Gasteiger charge is 2.27. The molecule has 7 heteroatoms. The predicted octanol–water partition coefficient (Wildman–Crippen LogP) is 1.27. The van der Waals surface area contributed by atoms with Gasteiger partial charge in [-0.2, -0.15) is 4.31 Å². The number of sulfonamides is 1. The molecule has 0 N–H and O–H groups in total. The first-order chi connectivity index (χ1) is 11.1. The van der Waals surface area contributed by atoms with Gasteiger partial charge in [0.1, 0.15) is 0 Å². The van der Waals surface area contributed by atoms with Crippen LogP contribution in [0.3, 0.4) is 0 Å². The van der Waals surface area contributed by atoms with Crippen LogP contribution in [0, 0.1) is 0 Å². The zero-order valence-electron chi connectivity index (χ0n) is 12.8. The van der Waals surface area contributed by atoms with Gasteiger partial charge in [-0.05, 0) is 31.0 Å². The summed E-state index contributed by atoms with van der Waals surface area (Å²) >= 11 is 0. The summed E-state index contributed by atoms with van der Waals surface area (Å²) < 4.78 is 28.1. The minimum absolute atomic E-state index is 0.181. The summed E-state index contributed by atoms with van der Waals surface area (Å²) in [7, 11) is -3.50. The molecule has 3 heterocycles. The maximum atomic E-state index is 12.6. The maximum Gasteiger partial charge on any atom is 0.250 e. The third-order valence-electron chi connectivity index (χ3n) is 3.99. The second-order valence-corrected chi connectivity index (χ2v) is 7.52. The average Bonchev–Trinajstić information content (AvgIpc) is 3.10. The van der Waals surface area contributed by atoms with Gasteiger partial charge in [-0.1, -0.05) is 6.07 Å². The summed E-state index contributed by atoms with van der Waals surface area (Å²) in [4.78, 5) is 16.4. The SMILES string of the molecule is O=c1ccc(S(=O)(=O)N2CCCC2)cn1CCc1ccccn1. The highest BCUT2D eigenvalue weighted by molar-refractivity contribution is 7.89. The van der Waals surface area contributed by atoms with Crippen molar-refractivity contribution in [2.45, 2.75) is 30.7 Å². The topological polar surface area (TPSA) is 72.3 Å². The first kappa shape index (κ1) is 15.9. The first-order valence-corrected chi connectivity index (χ1v) is 9.12. The van der Waals surface area contributed by atoms with Crippen LogP contribution in [0.4, 0.5) is 0 Å². The van der Waals surface area contributed by atoms with Gasteiger partial charge in [0.25, 0.3) is 5.56 Å². The van der Waals surface area contributed by atoms with E-state index in [1.807, 2.05) is 18.2 Å². The van der Waals surface area contributed by atoms with Crippen molar-refractivity contribution in [3.05, 3.63) is 58.8 Å². The van der Waals surface area contributed by atoms with E-state index in [-0.39, 0.29) is 10.5 Å². The number of hydrogen-bond acceptors (Lipinski definition) is 4. The zero-order valence-corrected chi connectivity index (χ0v) is 13.6. The lowest BCUT2D eigenvalue weighted by molar-refractivity contribution is 0.476. The molecule has 0 radical (unpaired) electrons. The fourth-order valence-electron chi connectivity index (χ4n) is 2.70. The van der Waals surface area contributed by atoms with Crippen LogP contribution in [0.15, 0.2) is 52.4 Å². The van der Waals surface area contributed by atoms with Crippen LogP contribution in [0.25, 0.3) is 0 Å². The van der Waals surface area contributed by atoms with E-state index >= 15 is 0 Å². The van der Waals surface area contributed by atoms with Gasteiger partial charge in [0.15, 0.2) is 0 Å². The molecule has 0 amide bonds. The van der Waals surface area contributed by atoms with E-state index in [1.54, 1.807) is 6.20 Å². The molecule has 1 aliphatic heterocycles. The van der Waals surface area contributed by atoms with E-state index in [0.717, 1.165) is 18.5 Å². The molecule has 0 bridgehead atoms. The molecule has 2 aromatic rings. The lowest BCUT2D eigenvalue weighted by Crippen LogP contribution is -2.29. The van der Waals surface area contributed by atoms with E-state index in [4.69, 9.17) is 0 Å². The molecule has 122 valence electrons. The van der Waals surface area contributed by atoms with Crippen molar-refractivity contribution in [2.75, 3.05) is 13.1 Å². The minimum atomic E-state index is -3.50. The molecule has 0 aliphatic carbocycles. The fourth-order valence-corrected chi connectivity index (χ4v) is 4.23. The normalized spacial score (nSPS) is 15.8. The van der Waals surface area contributed by atoms with Gasteiger partial charge >= 0.3 is 0 Å². The quantitative estimate of drug-likeness (QED) is 0.826. The van der Waals surface area contributed by atoms with Crippen LogP contribution in [0.2, 0.25) is 0 Å². The van der Waals surface area contributed by atoms with Crippen LogP contribution in [0.5, 0.6) is 0 Å². The molecule has 1 fully saturated rings. The molecule has 6 nitrogen and oxygen atoms in total. The Morgan fingerprint density at radius 1 is 1.09 bits per heavy atom. The van der Waals surface area contributed by atoms with Crippen molar-refractivity contribution in [2.24, 2.45) is 0 Å². The number of nitrogens with zero attached hydrogens (tertiary/aromatic N) is 3. The van der Waals surface area contributed by atoms with Crippen molar-refractivity contribution in [1.29, 1.82) is 0 Å². The molecule has 23 heavy (non-hydrogen) atoms. The van der Waals surface area contributed by atoms with Crippen molar-refractivity contribution in [1.82, 2.24) is 13.9 Å². The predicted molar refractivity (Wildman–Crippen MR) is 86.6 cm³/mol. The van der Waals surface area contributed by atoms with E-state index in [9.17, 15) is 13.2 Å². The first-order valence-electron chi connectivity index (χ1n) is 7.68. The van der Waals surface area contributed by atoms with Gasteiger partial charge in [-0.3, -0.25) is 9.78 Å². The highest BCUT2D eigenvalue weighted by Crippen LogP contribution is 2.19. The van der Waals surface area contributed by atoms with Crippen LogP contribution in [-0.2, 0) is 23.0 Å². The minimum Gasteiger partial charge on any atom is -0.314 e. The molecule has 2 aromatic heterocycles. The molecule has 0 unspecified atom stereocenters. The van der Waals surface area contributed by atoms with Crippen molar-refractivity contribution >= 4 is 10.0 Å². The lowest BCUT2D eigenvalue weighted by atomic mass is 10.2. The maximum absolute atomic E-state index is 12.6. The van der Waals surface area contributed by atoms with Gasteiger partial charge in [0.2, 0.25) is 10.0 Å². The summed E-state index contributed by atoms with van der Waals surface area (Å²) in [5.74, 6) is 0. The lowest BCUT2D eigenvalue weighted by Gasteiger charge is -2.16.